The first-order valence-electron chi connectivity index (χ1n) is 8.16. The van der Waals surface area contributed by atoms with E-state index in [2.05, 4.69) is 24.4 Å². The Morgan fingerprint density at radius 2 is 1.83 bits per heavy atom. The Morgan fingerprint density at radius 3 is 2.50 bits per heavy atom. The lowest BCUT2D eigenvalue weighted by atomic mass is 10.0. The summed E-state index contributed by atoms with van der Waals surface area (Å²) in [5.74, 6) is 1.88. The van der Waals surface area contributed by atoms with Crippen LogP contribution >= 0.6 is 0 Å². The minimum absolute atomic E-state index is 0.0441. The molecular weight excluding hydrogens is 302 g/mol. The molecule has 4 nitrogen and oxygen atoms in total. The molecule has 0 aliphatic rings. The number of carbonyl (C=O) groups is 1. The van der Waals surface area contributed by atoms with E-state index in [4.69, 9.17) is 9.47 Å². The van der Waals surface area contributed by atoms with Gasteiger partial charge in [0.2, 0.25) is 5.91 Å². The number of methoxy groups -OCH3 is 2. The van der Waals surface area contributed by atoms with Crippen LogP contribution in [0.15, 0.2) is 48.5 Å². The van der Waals surface area contributed by atoms with Crippen molar-refractivity contribution in [2.45, 2.75) is 25.7 Å². The molecule has 0 spiro atoms. The molecular formula is C20H25NO3. The van der Waals surface area contributed by atoms with Gasteiger partial charge in [-0.15, -0.1) is 0 Å². The van der Waals surface area contributed by atoms with Crippen LogP contribution in [0.5, 0.6) is 11.5 Å². The summed E-state index contributed by atoms with van der Waals surface area (Å²) >= 11 is 0. The molecule has 0 aliphatic carbocycles. The first kappa shape index (κ1) is 17.9. The van der Waals surface area contributed by atoms with E-state index >= 15 is 0 Å². The minimum atomic E-state index is 0.0441. The van der Waals surface area contributed by atoms with Crippen LogP contribution in [-0.4, -0.2) is 26.7 Å². The van der Waals surface area contributed by atoms with Crippen molar-refractivity contribution < 1.29 is 14.3 Å². The van der Waals surface area contributed by atoms with E-state index < -0.39 is 0 Å². The Labute approximate surface area is 143 Å². The van der Waals surface area contributed by atoms with Crippen LogP contribution in [0.25, 0.3) is 0 Å². The smallest absolute Gasteiger partial charge is 0.220 e. The molecule has 2 aromatic rings. The van der Waals surface area contributed by atoms with Gasteiger partial charge in [0, 0.05) is 13.0 Å². The molecule has 1 atom stereocenters. The number of rotatable bonds is 8. The summed E-state index contributed by atoms with van der Waals surface area (Å²) < 4.78 is 10.6. The van der Waals surface area contributed by atoms with Crippen LogP contribution < -0.4 is 14.8 Å². The third-order valence-corrected chi connectivity index (χ3v) is 4.08. The zero-order valence-corrected chi connectivity index (χ0v) is 14.5. The normalized spacial score (nSPS) is 11.6. The molecule has 0 saturated heterocycles. The number of amides is 1. The number of hydrogen-bond donors (Lipinski definition) is 1. The van der Waals surface area contributed by atoms with Crippen LogP contribution in [0, 0.1) is 0 Å². The predicted octanol–water partition coefficient (Wildman–Crippen LogP) is 3.56. The maximum Gasteiger partial charge on any atom is 0.220 e. The Kier molecular flexibility index (Phi) is 6.67. The lowest BCUT2D eigenvalue weighted by Gasteiger charge is -2.14. The Hall–Kier alpha value is -2.49. The van der Waals surface area contributed by atoms with Gasteiger partial charge in [-0.1, -0.05) is 37.3 Å². The molecule has 0 aliphatic heterocycles. The minimum Gasteiger partial charge on any atom is -0.497 e. The average molecular weight is 327 g/mol. The van der Waals surface area contributed by atoms with Gasteiger partial charge in [-0.2, -0.15) is 0 Å². The number of nitrogens with one attached hydrogen (secondary N) is 1. The second-order valence-corrected chi connectivity index (χ2v) is 5.79. The summed E-state index contributed by atoms with van der Waals surface area (Å²) in [5, 5.41) is 3.01. The summed E-state index contributed by atoms with van der Waals surface area (Å²) in [5.41, 5.74) is 2.20. The Morgan fingerprint density at radius 1 is 1.08 bits per heavy atom. The predicted molar refractivity (Wildman–Crippen MR) is 95.7 cm³/mol. The topological polar surface area (TPSA) is 47.6 Å². The van der Waals surface area contributed by atoms with E-state index in [-0.39, 0.29) is 5.91 Å². The Balaban J connectivity index is 1.85. The largest absolute Gasteiger partial charge is 0.497 e. The van der Waals surface area contributed by atoms with Gasteiger partial charge in [-0.05, 0) is 41.7 Å². The van der Waals surface area contributed by atoms with Crippen LogP contribution in [0.1, 0.15) is 30.4 Å². The number of hydrogen-bond acceptors (Lipinski definition) is 3. The molecule has 1 amide bonds. The summed E-state index contributed by atoms with van der Waals surface area (Å²) in [4.78, 5) is 12.1. The van der Waals surface area contributed by atoms with Gasteiger partial charge in [-0.25, -0.2) is 0 Å². The van der Waals surface area contributed by atoms with E-state index in [0.717, 1.165) is 17.1 Å². The summed E-state index contributed by atoms with van der Waals surface area (Å²) in [7, 11) is 3.26. The number of ether oxygens (including phenoxy) is 2. The van der Waals surface area contributed by atoms with Gasteiger partial charge < -0.3 is 14.8 Å². The van der Waals surface area contributed by atoms with Crippen molar-refractivity contribution in [1.29, 1.82) is 0 Å². The highest BCUT2D eigenvalue weighted by Gasteiger charge is 2.10. The molecule has 0 aromatic heterocycles. The highest BCUT2D eigenvalue weighted by Crippen LogP contribution is 2.25. The molecule has 4 heteroatoms. The first-order valence-corrected chi connectivity index (χ1v) is 8.16. The van der Waals surface area contributed by atoms with E-state index in [1.807, 2.05) is 36.4 Å². The molecule has 0 heterocycles. The van der Waals surface area contributed by atoms with Crippen LogP contribution in [0.4, 0.5) is 0 Å². The van der Waals surface area contributed by atoms with Crippen molar-refractivity contribution in [3.05, 3.63) is 59.7 Å². The van der Waals surface area contributed by atoms with E-state index in [9.17, 15) is 4.79 Å². The van der Waals surface area contributed by atoms with E-state index in [1.165, 1.54) is 5.56 Å². The lowest BCUT2D eigenvalue weighted by molar-refractivity contribution is -0.121. The van der Waals surface area contributed by atoms with Crippen molar-refractivity contribution >= 4 is 5.91 Å². The van der Waals surface area contributed by atoms with E-state index in [0.29, 0.717) is 25.3 Å². The third-order valence-electron chi connectivity index (χ3n) is 4.08. The zero-order valence-electron chi connectivity index (χ0n) is 14.5. The third kappa shape index (κ3) is 5.01. The van der Waals surface area contributed by atoms with Gasteiger partial charge in [-0.3, -0.25) is 4.79 Å². The first-order chi connectivity index (χ1) is 11.6. The molecule has 24 heavy (non-hydrogen) atoms. The van der Waals surface area contributed by atoms with Gasteiger partial charge >= 0.3 is 0 Å². The molecule has 0 bridgehead atoms. The van der Waals surface area contributed by atoms with Crippen LogP contribution in [0.2, 0.25) is 0 Å². The van der Waals surface area contributed by atoms with Crippen LogP contribution in [-0.2, 0) is 11.2 Å². The van der Waals surface area contributed by atoms with Gasteiger partial charge in [0.25, 0.3) is 0 Å². The fraction of sp³-hybridized carbons (Fsp3) is 0.350. The van der Waals surface area contributed by atoms with Gasteiger partial charge in [0.15, 0.2) is 0 Å². The lowest BCUT2D eigenvalue weighted by Crippen LogP contribution is -2.27. The van der Waals surface area contributed by atoms with Gasteiger partial charge in [0.05, 0.1) is 14.2 Å². The molecule has 1 unspecified atom stereocenters. The van der Waals surface area contributed by atoms with Gasteiger partial charge in [0.1, 0.15) is 11.5 Å². The fourth-order valence-corrected chi connectivity index (χ4v) is 2.58. The molecule has 0 radical (unpaired) electrons. The fourth-order valence-electron chi connectivity index (χ4n) is 2.58. The van der Waals surface area contributed by atoms with E-state index in [1.54, 1.807) is 14.2 Å². The monoisotopic (exact) mass is 327 g/mol. The molecule has 2 aromatic carbocycles. The molecule has 0 fully saturated rings. The van der Waals surface area contributed by atoms with Crippen molar-refractivity contribution in [1.82, 2.24) is 5.32 Å². The summed E-state index contributed by atoms with van der Waals surface area (Å²) in [6.07, 6.45) is 1.04. The number of aryl methyl sites for hydroxylation is 1. The molecule has 1 N–H and O–H groups in total. The summed E-state index contributed by atoms with van der Waals surface area (Å²) in [6, 6.07) is 15.8. The quantitative estimate of drug-likeness (QED) is 0.806. The summed E-state index contributed by atoms with van der Waals surface area (Å²) in [6.45, 7) is 2.75. The van der Waals surface area contributed by atoms with Crippen molar-refractivity contribution in [2.75, 3.05) is 20.8 Å². The van der Waals surface area contributed by atoms with Crippen molar-refractivity contribution in [3.8, 4) is 11.5 Å². The van der Waals surface area contributed by atoms with Crippen molar-refractivity contribution in [3.63, 3.8) is 0 Å². The Bertz CT molecular complexity index is 655. The maximum absolute atomic E-state index is 12.1. The second kappa shape index (κ2) is 8.96. The van der Waals surface area contributed by atoms with Crippen molar-refractivity contribution in [2.24, 2.45) is 0 Å². The highest BCUT2D eigenvalue weighted by molar-refractivity contribution is 5.76. The maximum atomic E-state index is 12.1. The number of benzene rings is 2. The molecule has 0 saturated carbocycles. The molecule has 128 valence electrons. The zero-order chi connectivity index (χ0) is 17.4. The standard InChI is InChI=1S/C20H25NO3/c1-15(16-7-5-4-6-8-16)14-21-20(22)12-9-17-13-18(23-2)10-11-19(17)24-3/h4-8,10-11,13,15H,9,12,14H2,1-3H3,(H,21,22). The highest BCUT2D eigenvalue weighted by atomic mass is 16.5. The molecule has 2 rings (SSSR count). The number of carbonyl (C=O) groups excluding carboxylic acids is 1. The SMILES string of the molecule is COc1ccc(OC)c(CCC(=O)NCC(C)c2ccccc2)c1. The average Bonchev–Trinajstić information content (AvgIpc) is 2.64. The van der Waals surface area contributed by atoms with Crippen LogP contribution in [0.3, 0.4) is 0 Å². The second-order valence-electron chi connectivity index (χ2n) is 5.79.